The first kappa shape index (κ1) is 23.4. The molecular formula is C20H31N5O5. The molecule has 1 saturated heterocycles. The SMILES string of the molecule is CCOC1C(NC(=O)OCc2ccncc2)CCCN1/C(N)=N/C(=O)OC(C)(C)C. The van der Waals surface area contributed by atoms with E-state index < -0.39 is 24.0 Å². The Morgan fingerprint density at radius 1 is 1.33 bits per heavy atom. The first-order valence-corrected chi connectivity index (χ1v) is 9.97. The van der Waals surface area contributed by atoms with Crippen LogP contribution in [0, 0.1) is 0 Å². The molecule has 0 aromatic carbocycles. The van der Waals surface area contributed by atoms with Crippen molar-refractivity contribution in [2.75, 3.05) is 13.2 Å². The van der Waals surface area contributed by atoms with Crippen molar-refractivity contribution in [1.82, 2.24) is 15.2 Å². The van der Waals surface area contributed by atoms with Crippen LogP contribution in [0.3, 0.4) is 0 Å². The first-order chi connectivity index (χ1) is 14.2. The van der Waals surface area contributed by atoms with Gasteiger partial charge in [-0.25, -0.2) is 9.59 Å². The Hall–Kier alpha value is -2.88. The molecule has 2 unspecified atom stereocenters. The van der Waals surface area contributed by atoms with E-state index in [0.717, 1.165) is 12.0 Å². The highest BCUT2D eigenvalue weighted by molar-refractivity contribution is 5.89. The molecule has 10 heteroatoms. The number of guanidine groups is 1. The number of nitrogens with two attached hydrogens (primary N) is 1. The summed E-state index contributed by atoms with van der Waals surface area (Å²) < 4.78 is 16.3. The van der Waals surface area contributed by atoms with Crippen LogP contribution >= 0.6 is 0 Å². The molecule has 2 heterocycles. The number of pyridine rings is 1. The van der Waals surface area contributed by atoms with Gasteiger partial charge in [-0.05, 0) is 58.2 Å². The number of nitrogens with one attached hydrogen (secondary N) is 1. The van der Waals surface area contributed by atoms with E-state index in [1.807, 2.05) is 6.92 Å². The molecule has 1 aromatic heterocycles. The summed E-state index contributed by atoms with van der Waals surface area (Å²) in [6.45, 7) is 8.14. The number of aromatic nitrogens is 1. The molecule has 0 aliphatic carbocycles. The van der Waals surface area contributed by atoms with Gasteiger partial charge in [-0.1, -0.05) is 0 Å². The molecule has 166 valence electrons. The third-order valence-electron chi connectivity index (χ3n) is 4.22. The Bertz CT molecular complexity index is 735. The second kappa shape index (κ2) is 10.8. The van der Waals surface area contributed by atoms with Crippen LogP contribution in [0.5, 0.6) is 0 Å². The molecular weight excluding hydrogens is 390 g/mol. The number of likely N-dealkylation sites (tertiary alicyclic amines) is 1. The number of carbonyl (C=O) groups excluding carboxylic acids is 2. The summed E-state index contributed by atoms with van der Waals surface area (Å²) in [6.07, 6.45) is 2.74. The topological polar surface area (TPSA) is 128 Å². The zero-order valence-electron chi connectivity index (χ0n) is 18.0. The van der Waals surface area contributed by atoms with E-state index in [4.69, 9.17) is 19.9 Å². The van der Waals surface area contributed by atoms with E-state index >= 15 is 0 Å². The number of hydrogen-bond acceptors (Lipinski definition) is 6. The Morgan fingerprint density at radius 2 is 2.03 bits per heavy atom. The average molecular weight is 421 g/mol. The summed E-state index contributed by atoms with van der Waals surface area (Å²) in [5.41, 5.74) is 6.22. The standard InChI is InChI=1S/C20H31N5O5/c1-5-28-16-15(23-18(26)29-13-14-8-10-22-11-9-14)7-6-12-25(16)17(21)24-19(27)30-20(2,3)4/h8-11,15-16H,5-7,12-13H2,1-4H3,(H,23,26)(H2,21,24,27). The van der Waals surface area contributed by atoms with Gasteiger partial charge in [-0.2, -0.15) is 0 Å². The van der Waals surface area contributed by atoms with E-state index in [1.165, 1.54) is 0 Å². The lowest BCUT2D eigenvalue weighted by Crippen LogP contribution is -2.60. The Balaban J connectivity index is 2.01. The molecule has 3 N–H and O–H groups in total. The molecule has 1 fully saturated rings. The molecule has 0 saturated carbocycles. The fourth-order valence-corrected chi connectivity index (χ4v) is 3.00. The third kappa shape index (κ3) is 7.51. The van der Waals surface area contributed by atoms with Crippen LogP contribution in [-0.4, -0.2) is 59.1 Å². The minimum atomic E-state index is -0.776. The van der Waals surface area contributed by atoms with Gasteiger partial charge in [0.1, 0.15) is 12.2 Å². The van der Waals surface area contributed by atoms with Gasteiger partial charge in [0.05, 0.1) is 6.04 Å². The smallest absolute Gasteiger partial charge is 0.437 e. The number of carbonyl (C=O) groups is 2. The van der Waals surface area contributed by atoms with Crippen molar-refractivity contribution >= 4 is 18.1 Å². The minimum Gasteiger partial charge on any atom is -0.445 e. The maximum absolute atomic E-state index is 12.3. The van der Waals surface area contributed by atoms with Crippen molar-refractivity contribution in [2.45, 2.75) is 65.0 Å². The van der Waals surface area contributed by atoms with E-state index in [2.05, 4.69) is 15.3 Å². The van der Waals surface area contributed by atoms with Crippen LogP contribution in [0.1, 0.15) is 46.1 Å². The Kier molecular flexibility index (Phi) is 8.40. The van der Waals surface area contributed by atoms with Crippen molar-refractivity contribution < 1.29 is 23.8 Å². The lowest BCUT2D eigenvalue weighted by Gasteiger charge is -2.41. The van der Waals surface area contributed by atoms with Crippen LogP contribution in [0.15, 0.2) is 29.5 Å². The van der Waals surface area contributed by atoms with E-state index in [1.54, 1.807) is 50.2 Å². The molecule has 1 aliphatic rings. The van der Waals surface area contributed by atoms with Gasteiger partial charge >= 0.3 is 12.2 Å². The molecule has 0 bridgehead atoms. The number of alkyl carbamates (subject to hydrolysis) is 1. The molecule has 0 radical (unpaired) electrons. The van der Waals surface area contributed by atoms with Gasteiger partial charge in [0, 0.05) is 25.5 Å². The lowest BCUT2D eigenvalue weighted by atomic mass is 10.0. The number of nitrogens with zero attached hydrogens (tertiary/aromatic N) is 3. The highest BCUT2D eigenvalue weighted by atomic mass is 16.6. The van der Waals surface area contributed by atoms with Crippen molar-refractivity contribution in [2.24, 2.45) is 10.7 Å². The molecule has 2 amide bonds. The number of ether oxygens (including phenoxy) is 3. The van der Waals surface area contributed by atoms with Crippen LogP contribution in [0.25, 0.3) is 0 Å². The number of hydrogen-bond donors (Lipinski definition) is 2. The highest BCUT2D eigenvalue weighted by Crippen LogP contribution is 2.20. The summed E-state index contributed by atoms with van der Waals surface area (Å²) in [6, 6.07) is 3.16. The molecule has 1 aliphatic heterocycles. The third-order valence-corrected chi connectivity index (χ3v) is 4.22. The maximum Gasteiger partial charge on any atom is 0.437 e. The lowest BCUT2D eigenvalue weighted by molar-refractivity contribution is -0.0618. The molecule has 0 spiro atoms. The molecule has 1 aromatic rings. The van der Waals surface area contributed by atoms with Crippen molar-refractivity contribution in [3.05, 3.63) is 30.1 Å². The van der Waals surface area contributed by atoms with Gasteiger partial charge in [0.2, 0.25) is 5.96 Å². The minimum absolute atomic E-state index is 0.0145. The highest BCUT2D eigenvalue weighted by Gasteiger charge is 2.35. The normalized spacial score (nSPS) is 19.9. The largest absolute Gasteiger partial charge is 0.445 e. The Morgan fingerprint density at radius 3 is 2.67 bits per heavy atom. The van der Waals surface area contributed by atoms with Crippen LogP contribution in [0.4, 0.5) is 9.59 Å². The monoisotopic (exact) mass is 421 g/mol. The van der Waals surface area contributed by atoms with Gasteiger partial charge < -0.3 is 30.2 Å². The van der Waals surface area contributed by atoms with Gasteiger partial charge in [0.25, 0.3) is 0 Å². The molecule has 2 rings (SSSR count). The summed E-state index contributed by atoms with van der Waals surface area (Å²) in [5, 5.41) is 2.83. The second-order valence-corrected chi connectivity index (χ2v) is 7.81. The van der Waals surface area contributed by atoms with E-state index in [9.17, 15) is 9.59 Å². The quantitative estimate of drug-likeness (QED) is 0.548. The van der Waals surface area contributed by atoms with Crippen molar-refractivity contribution in [1.29, 1.82) is 0 Å². The zero-order valence-corrected chi connectivity index (χ0v) is 18.0. The first-order valence-electron chi connectivity index (χ1n) is 9.97. The van der Waals surface area contributed by atoms with Crippen molar-refractivity contribution in [3.8, 4) is 0 Å². The predicted octanol–water partition coefficient (Wildman–Crippen LogP) is 2.38. The van der Waals surface area contributed by atoms with Gasteiger partial charge in [0.15, 0.2) is 6.23 Å². The summed E-state index contributed by atoms with van der Waals surface area (Å²) >= 11 is 0. The maximum atomic E-state index is 12.3. The molecule has 10 nitrogen and oxygen atoms in total. The van der Waals surface area contributed by atoms with Crippen LogP contribution in [0.2, 0.25) is 0 Å². The van der Waals surface area contributed by atoms with E-state index in [0.29, 0.717) is 19.6 Å². The molecule has 30 heavy (non-hydrogen) atoms. The van der Waals surface area contributed by atoms with Crippen molar-refractivity contribution in [3.63, 3.8) is 0 Å². The number of rotatable bonds is 5. The van der Waals surface area contributed by atoms with Crippen LogP contribution < -0.4 is 11.1 Å². The fraction of sp³-hybridized carbons (Fsp3) is 0.600. The van der Waals surface area contributed by atoms with Crippen LogP contribution in [-0.2, 0) is 20.8 Å². The Labute approximate surface area is 176 Å². The van der Waals surface area contributed by atoms with Gasteiger partial charge in [-0.3, -0.25) is 4.98 Å². The number of piperidine rings is 1. The van der Waals surface area contributed by atoms with Gasteiger partial charge in [-0.15, -0.1) is 4.99 Å². The summed E-state index contributed by atoms with van der Waals surface area (Å²) in [7, 11) is 0. The number of aliphatic imine (C=N–C) groups is 1. The van der Waals surface area contributed by atoms with E-state index in [-0.39, 0.29) is 18.6 Å². The summed E-state index contributed by atoms with van der Waals surface area (Å²) in [5.74, 6) is -0.0145. The average Bonchev–Trinajstić information content (AvgIpc) is 2.67. The molecule has 2 atom stereocenters. The number of amides is 2. The summed E-state index contributed by atoms with van der Waals surface area (Å²) in [4.78, 5) is 33.7. The fourth-order valence-electron chi connectivity index (χ4n) is 3.00. The zero-order chi connectivity index (χ0) is 22.1. The predicted molar refractivity (Wildman–Crippen MR) is 111 cm³/mol. The second-order valence-electron chi connectivity index (χ2n) is 7.81.